The van der Waals surface area contributed by atoms with Crippen molar-refractivity contribution in [2.45, 2.75) is 37.7 Å². The fourth-order valence-electron chi connectivity index (χ4n) is 4.86. The van der Waals surface area contributed by atoms with Crippen LogP contribution in [-0.4, -0.2) is 51.6 Å². The van der Waals surface area contributed by atoms with Crippen molar-refractivity contribution in [1.82, 2.24) is 20.0 Å². The van der Waals surface area contributed by atoms with Gasteiger partial charge in [0.2, 0.25) is 11.8 Å². The number of rotatable bonds is 4. The van der Waals surface area contributed by atoms with Gasteiger partial charge in [0.05, 0.1) is 23.2 Å². The van der Waals surface area contributed by atoms with E-state index in [9.17, 15) is 14.4 Å². The molecule has 1 atom stereocenters. The number of hydrogen-bond acceptors (Lipinski definition) is 6. The van der Waals surface area contributed by atoms with Crippen molar-refractivity contribution < 1.29 is 19.1 Å². The Bertz CT molecular complexity index is 1350. The lowest BCUT2D eigenvalue weighted by Crippen LogP contribution is -2.41. The van der Waals surface area contributed by atoms with Crippen LogP contribution in [0.1, 0.15) is 53.2 Å². The minimum Gasteiger partial charge on any atom is -0.488 e. The molecule has 0 spiro atoms. The molecule has 9 heteroatoms. The molecular weight excluding hydrogens is 446 g/mol. The number of nitrogens with zero attached hydrogens (tertiary/aromatic N) is 4. The molecule has 3 aromatic rings. The highest BCUT2D eigenvalue weighted by molar-refractivity contribution is 6.03. The summed E-state index contributed by atoms with van der Waals surface area (Å²) in [6, 6.07) is 14.4. The molecule has 3 heterocycles. The Morgan fingerprint density at radius 1 is 1.11 bits per heavy atom. The highest BCUT2D eigenvalue weighted by Crippen LogP contribution is 2.35. The summed E-state index contributed by atoms with van der Waals surface area (Å²) >= 11 is 0. The van der Waals surface area contributed by atoms with Crippen molar-refractivity contribution in [2.75, 3.05) is 13.1 Å². The fraction of sp³-hybridized carbons (Fsp3) is 0.346. The maximum absolute atomic E-state index is 12.8. The minimum absolute atomic E-state index is 0.0458. The van der Waals surface area contributed by atoms with Crippen molar-refractivity contribution in [3.63, 3.8) is 0 Å². The first kappa shape index (κ1) is 22.6. The molecule has 1 aromatic heterocycles. The van der Waals surface area contributed by atoms with Gasteiger partial charge in [0, 0.05) is 50.3 Å². The number of benzene rings is 2. The number of aromatic nitrogens is 2. The largest absolute Gasteiger partial charge is 0.488 e. The molecule has 35 heavy (non-hydrogen) atoms. The molecule has 2 aliphatic rings. The average Bonchev–Trinajstić information content (AvgIpc) is 3.21. The number of para-hydroxylation sites is 1. The SMILES string of the molecule is Cn1nc(C2CCC(=O)NC2=O)c2cccc(OC3CCN(C(=O)c4ccc(C#N)cc4)CC3)c21. The van der Waals surface area contributed by atoms with E-state index in [0.29, 0.717) is 61.3 Å². The quantitative estimate of drug-likeness (QED) is 0.585. The molecule has 1 unspecified atom stereocenters. The van der Waals surface area contributed by atoms with Gasteiger partial charge in [-0.1, -0.05) is 12.1 Å². The molecule has 0 saturated carbocycles. The number of ether oxygens (including phenoxy) is 1. The number of amides is 3. The summed E-state index contributed by atoms with van der Waals surface area (Å²) in [5, 5.41) is 16.8. The van der Waals surface area contributed by atoms with Gasteiger partial charge in [-0.3, -0.25) is 24.4 Å². The van der Waals surface area contributed by atoms with Gasteiger partial charge >= 0.3 is 0 Å². The van der Waals surface area contributed by atoms with Gasteiger partial charge < -0.3 is 9.64 Å². The van der Waals surface area contributed by atoms with Gasteiger partial charge in [-0.05, 0) is 36.8 Å². The zero-order chi connectivity index (χ0) is 24.5. The summed E-state index contributed by atoms with van der Waals surface area (Å²) in [5.74, 6) is -0.391. The zero-order valence-electron chi connectivity index (χ0n) is 19.4. The third-order valence-electron chi connectivity index (χ3n) is 6.71. The van der Waals surface area contributed by atoms with Crippen LogP contribution >= 0.6 is 0 Å². The predicted octanol–water partition coefficient (Wildman–Crippen LogP) is 2.65. The van der Waals surface area contributed by atoms with Gasteiger partial charge in [0.1, 0.15) is 17.4 Å². The van der Waals surface area contributed by atoms with E-state index in [1.807, 2.05) is 30.1 Å². The van der Waals surface area contributed by atoms with Gasteiger partial charge in [-0.15, -0.1) is 0 Å². The lowest BCUT2D eigenvalue weighted by Gasteiger charge is -2.32. The second kappa shape index (κ2) is 9.22. The first-order valence-electron chi connectivity index (χ1n) is 11.7. The van der Waals surface area contributed by atoms with Gasteiger partial charge in [0.25, 0.3) is 5.91 Å². The first-order valence-corrected chi connectivity index (χ1v) is 11.7. The second-order valence-corrected chi connectivity index (χ2v) is 8.96. The lowest BCUT2D eigenvalue weighted by atomic mass is 9.93. The molecule has 2 aliphatic heterocycles. The molecule has 0 aliphatic carbocycles. The van der Waals surface area contributed by atoms with Crippen molar-refractivity contribution in [2.24, 2.45) is 7.05 Å². The standard InChI is InChI=1S/C26H25N5O4/c1-30-24-19(23(29-30)20-9-10-22(32)28-25(20)33)3-2-4-21(24)35-18-11-13-31(14-12-18)26(34)17-7-5-16(15-27)6-8-17/h2-8,18,20H,9-14H2,1H3,(H,28,32,33). The number of fused-ring (bicyclic) bond motifs is 1. The summed E-state index contributed by atoms with van der Waals surface area (Å²) in [6.07, 6.45) is 2.06. The third kappa shape index (κ3) is 4.35. The summed E-state index contributed by atoms with van der Waals surface area (Å²) in [4.78, 5) is 38.6. The van der Waals surface area contributed by atoms with Crippen LogP contribution in [0.15, 0.2) is 42.5 Å². The highest BCUT2D eigenvalue weighted by atomic mass is 16.5. The molecule has 9 nitrogen and oxygen atoms in total. The molecule has 3 amide bonds. The molecule has 0 bridgehead atoms. The number of nitrogens with one attached hydrogen (secondary N) is 1. The Kier molecular flexibility index (Phi) is 5.95. The molecule has 2 fully saturated rings. The topological polar surface area (TPSA) is 117 Å². The van der Waals surface area contributed by atoms with Crippen molar-refractivity contribution in [1.29, 1.82) is 5.26 Å². The second-order valence-electron chi connectivity index (χ2n) is 8.96. The molecule has 2 aromatic carbocycles. The van der Waals surface area contributed by atoms with Gasteiger partial charge in [-0.25, -0.2) is 0 Å². The molecule has 5 rings (SSSR count). The summed E-state index contributed by atoms with van der Waals surface area (Å²) in [6.45, 7) is 1.15. The smallest absolute Gasteiger partial charge is 0.253 e. The summed E-state index contributed by atoms with van der Waals surface area (Å²) < 4.78 is 8.10. The van der Waals surface area contributed by atoms with Crippen LogP contribution in [0.2, 0.25) is 0 Å². The van der Waals surface area contributed by atoms with E-state index >= 15 is 0 Å². The Morgan fingerprint density at radius 3 is 2.54 bits per heavy atom. The monoisotopic (exact) mass is 471 g/mol. The van der Waals surface area contributed by atoms with Crippen LogP contribution in [-0.2, 0) is 16.6 Å². The van der Waals surface area contributed by atoms with E-state index in [1.165, 1.54) is 0 Å². The molecule has 1 N–H and O–H groups in total. The molecular formula is C26H25N5O4. The fourth-order valence-corrected chi connectivity index (χ4v) is 4.86. The normalized spacial score (nSPS) is 18.9. The number of carbonyl (C=O) groups is 3. The number of nitriles is 1. The Labute approximate surface area is 202 Å². The van der Waals surface area contributed by atoms with E-state index < -0.39 is 5.92 Å². The maximum atomic E-state index is 12.8. The van der Waals surface area contributed by atoms with Crippen LogP contribution in [0.3, 0.4) is 0 Å². The van der Waals surface area contributed by atoms with Gasteiger partial charge in [-0.2, -0.15) is 10.4 Å². The van der Waals surface area contributed by atoms with E-state index in [1.54, 1.807) is 28.9 Å². The van der Waals surface area contributed by atoms with E-state index in [0.717, 1.165) is 10.9 Å². The van der Waals surface area contributed by atoms with Crippen LogP contribution < -0.4 is 10.1 Å². The van der Waals surface area contributed by atoms with Crippen LogP contribution in [0, 0.1) is 11.3 Å². The Hall–Kier alpha value is -4.19. The van der Waals surface area contributed by atoms with Crippen LogP contribution in [0.5, 0.6) is 5.75 Å². The number of hydrogen-bond donors (Lipinski definition) is 1. The van der Waals surface area contributed by atoms with Crippen molar-refractivity contribution in [3.05, 3.63) is 59.3 Å². The summed E-state index contributed by atoms with van der Waals surface area (Å²) in [5.41, 5.74) is 2.56. The molecule has 0 radical (unpaired) electrons. The van der Waals surface area contributed by atoms with E-state index in [2.05, 4.69) is 16.5 Å². The number of aryl methyl sites for hydroxylation is 1. The zero-order valence-corrected chi connectivity index (χ0v) is 19.4. The predicted molar refractivity (Wildman–Crippen MR) is 127 cm³/mol. The summed E-state index contributed by atoms with van der Waals surface area (Å²) in [7, 11) is 1.82. The van der Waals surface area contributed by atoms with E-state index in [-0.39, 0.29) is 23.8 Å². The highest BCUT2D eigenvalue weighted by Gasteiger charge is 2.32. The van der Waals surface area contributed by atoms with E-state index in [4.69, 9.17) is 10.00 Å². The maximum Gasteiger partial charge on any atom is 0.253 e. The van der Waals surface area contributed by atoms with Crippen molar-refractivity contribution in [3.8, 4) is 11.8 Å². The van der Waals surface area contributed by atoms with Gasteiger partial charge in [0.15, 0.2) is 0 Å². The number of piperidine rings is 2. The Morgan fingerprint density at radius 2 is 1.86 bits per heavy atom. The lowest BCUT2D eigenvalue weighted by molar-refractivity contribution is -0.134. The number of imide groups is 1. The number of carbonyl (C=O) groups excluding carboxylic acids is 3. The average molecular weight is 472 g/mol. The van der Waals surface area contributed by atoms with Crippen LogP contribution in [0.25, 0.3) is 10.9 Å². The third-order valence-corrected chi connectivity index (χ3v) is 6.71. The van der Waals surface area contributed by atoms with Crippen LogP contribution in [0.4, 0.5) is 0 Å². The minimum atomic E-state index is -0.469. The molecule has 2 saturated heterocycles. The molecule has 178 valence electrons. The Balaban J connectivity index is 1.29. The number of likely N-dealkylation sites (tertiary alicyclic amines) is 1. The first-order chi connectivity index (χ1) is 16.9. The van der Waals surface area contributed by atoms with Crippen molar-refractivity contribution >= 4 is 28.6 Å².